The first-order chi connectivity index (χ1) is 6.11. The van der Waals surface area contributed by atoms with E-state index in [9.17, 15) is 0 Å². The summed E-state index contributed by atoms with van der Waals surface area (Å²) in [5.74, 6) is 0. The normalized spacial score (nSPS) is 8.15. The Balaban J connectivity index is 0.000000310. The number of carbonyl (C=O) groups is 1. The molecule has 0 aromatic heterocycles. The van der Waals surface area contributed by atoms with Crippen LogP contribution in [0.2, 0.25) is 0 Å². The van der Waals surface area contributed by atoms with Gasteiger partial charge in [-0.1, -0.05) is 6.07 Å². The fourth-order valence-electron chi connectivity index (χ4n) is 0.659. The maximum atomic E-state index is 8.95. The van der Waals surface area contributed by atoms with Crippen LogP contribution in [0.25, 0.3) is 0 Å². The number of benzene rings is 1. The van der Waals surface area contributed by atoms with Crippen LogP contribution in [-0.4, -0.2) is 13.6 Å². The van der Waals surface area contributed by atoms with Gasteiger partial charge in [0.05, 0.1) is 7.11 Å². The molecule has 0 bridgehead atoms. The number of hydrogen-bond acceptors (Lipinski definition) is 4. The largest absolute Gasteiger partial charge is 0.471 e. The highest BCUT2D eigenvalue weighted by Crippen LogP contribution is 2.13. The first-order valence-electron chi connectivity index (χ1n) is 3.70. The molecule has 0 spiro atoms. The van der Waals surface area contributed by atoms with Crippen molar-refractivity contribution in [2.75, 3.05) is 18.6 Å². The Morgan fingerprint density at radius 1 is 1.38 bits per heavy atom. The van der Waals surface area contributed by atoms with Crippen LogP contribution in [-0.2, 0) is 9.53 Å². The smallest absolute Gasteiger partial charge is 0.292 e. The molecule has 1 aromatic carbocycles. The molecule has 0 heterocycles. The Morgan fingerprint density at radius 2 is 1.92 bits per heavy atom. The quantitative estimate of drug-likeness (QED) is 0.500. The van der Waals surface area contributed by atoms with Crippen molar-refractivity contribution in [1.82, 2.24) is 0 Å². The van der Waals surface area contributed by atoms with Crippen molar-refractivity contribution in [1.29, 1.82) is 0 Å². The summed E-state index contributed by atoms with van der Waals surface area (Å²) in [6, 6.07) is 5.51. The minimum atomic E-state index is 0.375. The number of ether oxygens (including phenoxy) is 1. The first kappa shape index (κ1) is 11.3. The second-order valence-corrected chi connectivity index (χ2v) is 2.45. The second kappa shape index (κ2) is 5.88. The van der Waals surface area contributed by atoms with E-state index in [2.05, 4.69) is 4.74 Å². The molecule has 0 aliphatic heterocycles. The minimum Gasteiger partial charge on any atom is -0.471 e. The fraction of sp³-hybridized carbons (Fsp3) is 0.222. The van der Waals surface area contributed by atoms with Gasteiger partial charge in [-0.2, -0.15) is 0 Å². The Morgan fingerprint density at radius 3 is 2.23 bits per heavy atom. The number of methoxy groups -OCH3 is 1. The van der Waals surface area contributed by atoms with Crippen molar-refractivity contribution in [3.8, 4) is 0 Å². The summed E-state index contributed by atoms with van der Waals surface area (Å²) in [6.45, 7) is 2.33. The number of anilines is 2. The van der Waals surface area contributed by atoms with E-state index in [0.717, 1.165) is 16.9 Å². The van der Waals surface area contributed by atoms with Gasteiger partial charge in [-0.05, 0) is 24.6 Å². The molecule has 0 aliphatic rings. The highest BCUT2D eigenvalue weighted by molar-refractivity contribution is 5.55. The van der Waals surface area contributed by atoms with E-state index in [1.54, 1.807) is 6.07 Å². The van der Waals surface area contributed by atoms with Crippen LogP contribution in [0.1, 0.15) is 5.56 Å². The van der Waals surface area contributed by atoms with Crippen LogP contribution in [0.3, 0.4) is 0 Å². The molecule has 4 N–H and O–H groups in total. The maximum Gasteiger partial charge on any atom is 0.292 e. The molecule has 0 unspecified atom stereocenters. The molecule has 0 amide bonds. The van der Waals surface area contributed by atoms with Crippen LogP contribution in [0.15, 0.2) is 18.2 Å². The third kappa shape index (κ3) is 4.68. The lowest BCUT2D eigenvalue weighted by molar-refractivity contribution is -0.126. The van der Waals surface area contributed by atoms with Crippen molar-refractivity contribution >= 4 is 17.8 Å². The van der Waals surface area contributed by atoms with Crippen molar-refractivity contribution in [3.63, 3.8) is 0 Å². The van der Waals surface area contributed by atoms with Gasteiger partial charge in [-0.25, -0.2) is 0 Å². The lowest BCUT2D eigenvalue weighted by Crippen LogP contribution is -1.91. The molecule has 1 rings (SSSR count). The van der Waals surface area contributed by atoms with Gasteiger partial charge < -0.3 is 16.2 Å². The van der Waals surface area contributed by atoms with Crippen LogP contribution >= 0.6 is 0 Å². The zero-order valence-corrected chi connectivity index (χ0v) is 7.78. The molecule has 13 heavy (non-hydrogen) atoms. The summed E-state index contributed by atoms with van der Waals surface area (Å²) in [5, 5.41) is 0. The predicted molar refractivity (Wildman–Crippen MR) is 53.1 cm³/mol. The summed E-state index contributed by atoms with van der Waals surface area (Å²) >= 11 is 0. The minimum absolute atomic E-state index is 0.375. The highest BCUT2D eigenvalue weighted by atomic mass is 16.5. The molecule has 4 nitrogen and oxygen atoms in total. The monoisotopic (exact) mass is 182 g/mol. The van der Waals surface area contributed by atoms with Gasteiger partial charge >= 0.3 is 0 Å². The molecule has 1 aromatic rings. The van der Waals surface area contributed by atoms with Gasteiger partial charge in [-0.15, -0.1) is 0 Å². The molecular weight excluding hydrogens is 168 g/mol. The van der Waals surface area contributed by atoms with Gasteiger partial charge in [0.1, 0.15) is 0 Å². The molecule has 0 saturated carbocycles. The molecule has 4 heteroatoms. The van der Waals surface area contributed by atoms with Gasteiger partial charge in [0.2, 0.25) is 0 Å². The lowest BCUT2D eigenvalue weighted by atomic mass is 10.2. The third-order valence-electron chi connectivity index (χ3n) is 1.40. The number of hydrogen-bond donors (Lipinski definition) is 2. The number of aryl methyl sites for hydroxylation is 1. The van der Waals surface area contributed by atoms with Gasteiger partial charge in [-0.3, -0.25) is 4.79 Å². The molecule has 0 atom stereocenters. The van der Waals surface area contributed by atoms with Crippen molar-refractivity contribution in [3.05, 3.63) is 23.8 Å². The molecule has 0 fully saturated rings. The average Bonchev–Trinajstić information content (AvgIpc) is 2.12. The SMILES string of the molecule is COC=O.Cc1ccc(N)cc1N. The Hall–Kier alpha value is -1.71. The summed E-state index contributed by atoms with van der Waals surface area (Å²) in [5.41, 5.74) is 13.5. The Labute approximate surface area is 77.5 Å². The van der Waals surface area contributed by atoms with Gasteiger partial charge in [0.15, 0.2) is 0 Å². The Bertz CT molecular complexity index is 274. The molecule has 0 saturated heterocycles. The van der Waals surface area contributed by atoms with E-state index in [0.29, 0.717) is 6.47 Å². The summed E-state index contributed by atoms with van der Waals surface area (Å²) in [6.07, 6.45) is 0. The van der Waals surface area contributed by atoms with E-state index in [1.807, 2.05) is 19.1 Å². The van der Waals surface area contributed by atoms with E-state index in [4.69, 9.17) is 16.3 Å². The topological polar surface area (TPSA) is 78.3 Å². The van der Waals surface area contributed by atoms with Gasteiger partial charge in [0, 0.05) is 11.4 Å². The highest BCUT2D eigenvalue weighted by Gasteiger charge is 1.90. The summed E-state index contributed by atoms with van der Waals surface area (Å²) < 4.78 is 3.86. The van der Waals surface area contributed by atoms with Crippen molar-refractivity contribution in [2.24, 2.45) is 0 Å². The standard InChI is InChI=1S/C7H10N2.C2H4O2/c1-5-2-3-6(8)4-7(5)9;1-4-2-3/h2-4H,8-9H2,1H3;2H,1H3. The van der Waals surface area contributed by atoms with Crippen LogP contribution in [0.4, 0.5) is 11.4 Å². The average molecular weight is 182 g/mol. The van der Waals surface area contributed by atoms with Gasteiger partial charge in [0.25, 0.3) is 6.47 Å². The van der Waals surface area contributed by atoms with Crippen molar-refractivity contribution in [2.45, 2.75) is 6.92 Å². The first-order valence-corrected chi connectivity index (χ1v) is 3.70. The lowest BCUT2D eigenvalue weighted by Gasteiger charge is -1.98. The van der Waals surface area contributed by atoms with E-state index < -0.39 is 0 Å². The van der Waals surface area contributed by atoms with E-state index in [-0.39, 0.29) is 0 Å². The summed E-state index contributed by atoms with van der Waals surface area (Å²) in [4.78, 5) is 8.95. The summed E-state index contributed by atoms with van der Waals surface area (Å²) in [7, 11) is 1.31. The maximum absolute atomic E-state index is 8.95. The zero-order chi connectivity index (χ0) is 10.3. The van der Waals surface area contributed by atoms with E-state index >= 15 is 0 Å². The third-order valence-corrected chi connectivity index (χ3v) is 1.40. The number of carbonyl (C=O) groups excluding carboxylic acids is 1. The number of nitrogen functional groups attached to an aromatic ring is 2. The predicted octanol–water partition coefficient (Wildman–Crippen LogP) is 0.949. The molecule has 0 aliphatic carbocycles. The zero-order valence-electron chi connectivity index (χ0n) is 7.78. The van der Waals surface area contributed by atoms with Crippen LogP contribution in [0.5, 0.6) is 0 Å². The Kier molecular flexibility index (Phi) is 5.11. The molecule has 0 radical (unpaired) electrons. The van der Waals surface area contributed by atoms with Crippen LogP contribution in [0, 0.1) is 6.92 Å². The van der Waals surface area contributed by atoms with E-state index in [1.165, 1.54) is 7.11 Å². The van der Waals surface area contributed by atoms with Crippen LogP contribution < -0.4 is 11.5 Å². The second-order valence-electron chi connectivity index (χ2n) is 2.45. The molecule has 72 valence electrons. The van der Waals surface area contributed by atoms with Crippen molar-refractivity contribution < 1.29 is 9.53 Å². The molecular formula is C9H14N2O2. The fourth-order valence-corrected chi connectivity index (χ4v) is 0.659. The number of rotatable bonds is 1. The number of nitrogens with two attached hydrogens (primary N) is 2.